The predicted molar refractivity (Wildman–Crippen MR) is 161 cm³/mol. The van der Waals surface area contributed by atoms with E-state index in [1.165, 1.54) is 5.69 Å². The number of fused-ring (bicyclic) bond motifs is 2. The number of hydrogen-bond donors (Lipinski definition) is 1. The second-order valence-electron chi connectivity index (χ2n) is 10.9. The van der Waals surface area contributed by atoms with E-state index in [2.05, 4.69) is 15.6 Å². The molecule has 2 aliphatic rings. The normalized spacial score (nSPS) is 18.7. The van der Waals surface area contributed by atoms with Crippen molar-refractivity contribution in [1.82, 2.24) is 20.3 Å². The van der Waals surface area contributed by atoms with Gasteiger partial charge in [-0.1, -0.05) is 19.1 Å². The van der Waals surface area contributed by atoms with Crippen molar-refractivity contribution in [1.29, 1.82) is 0 Å². The van der Waals surface area contributed by atoms with Gasteiger partial charge in [-0.2, -0.15) is 0 Å². The average molecular weight is 611 g/mol. The predicted octanol–water partition coefficient (Wildman–Crippen LogP) is 3.58. The Balaban J connectivity index is 0.00000316. The third-order valence-electron chi connectivity index (χ3n) is 7.64. The van der Waals surface area contributed by atoms with Crippen molar-refractivity contribution in [2.75, 3.05) is 66.0 Å². The number of carbonyl (C=O) groups excluding carboxylic acids is 3. The Hall–Kier alpha value is -2.41. The van der Waals surface area contributed by atoms with Gasteiger partial charge in [0.15, 0.2) is 0 Å². The van der Waals surface area contributed by atoms with E-state index < -0.39 is 6.09 Å². The number of aryl methyl sites for hydroxylation is 2. The molecular weight excluding hydrogens is 556 g/mol. The summed E-state index contributed by atoms with van der Waals surface area (Å²) in [7, 11) is 0. The van der Waals surface area contributed by atoms with Gasteiger partial charge in [-0.15, -0.1) is 5.10 Å². The summed E-state index contributed by atoms with van der Waals surface area (Å²) in [6, 6.07) is 0. The highest BCUT2D eigenvalue weighted by Gasteiger charge is 2.50. The van der Waals surface area contributed by atoms with Crippen LogP contribution in [0.1, 0.15) is 77.6 Å². The molecular formula is C31H54N4O8. The maximum Gasteiger partial charge on any atom is 0.407 e. The van der Waals surface area contributed by atoms with Crippen molar-refractivity contribution in [3.63, 3.8) is 0 Å². The van der Waals surface area contributed by atoms with Crippen LogP contribution < -0.4 is 5.32 Å². The van der Waals surface area contributed by atoms with Crippen molar-refractivity contribution in [2.24, 2.45) is 17.8 Å². The third kappa shape index (κ3) is 15.2. The van der Waals surface area contributed by atoms with Gasteiger partial charge in [0.25, 0.3) is 0 Å². The second-order valence-corrected chi connectivity index (χ2v) is 10.9. The Morgan fingerprint density at radius 3 is 2.00 bits per heavy atom. The molecule has 0 saturated heterocycles. The van der Waals surface area contributed by atoms with Gasteiger partial charge in [0.2, 0.25) is 0 Å². The second kappa shape index (κ2) is 22.2. The van der Waals surface area contributed by atoms with E-state index in [4.69, 9.17) is 23.7 Å². The summed E-state index contributed by atoms with van der Waals surface area (Å²) in [6.45, 7) is 12.4. The maximum absolute atomic E-state index is 12.1. The fraction of sp³-hybridized carbons (Fsp3) is 0.839. The maximum atomic E-state index is 12.1. The molecule has 1 heterocycles. The molecule has 1 N–H and O–H groups in total. The minimum absolute atomic E-state index is 0.118. The first-order valence-electron chi connectivity index (χ1n) is 16.1. The summed E-state index contributed by atoms with van der Waals surface area (Å²) >= 11 is 0. The van der Waals surface area contributed by atoms with Crippen LogP contribution in [0.25, 0.3) is 0 Å². The van der Waals surface area contributed by atoms with Crippen molar-refractivity contribution < 1.29 is 38.1 Å². The molecule has 0 spiro atoms. The Morgan fingerprint density at radius 2 is 1.37 bits per heavy atom. The Morgan fingerprint density at radius 1 is 0.791 bits per heavy atom. The molecule has 1 fully saturated rings. The molecule has 12 nitrogen and oxygen atoms in total. The summed E-state index contributed by atoms with van der Waals surface area (Å²) in [4.78, 5) is 34.1. The van der Waals surface area contributed by atoms with Gasteiger partial charge >= 0.3 is 6.09 Å². The van der Waals surface area contributed by atoms with E-state index in [0.717, 1.165) is 50.8 Å². The number of Topliss-reactive ketones (excluding diaryl/α,β-unsaturated/α-hetero) is 2. The van der Waals surface area contributed by atoms with Crippen molar-refractivity contribution >= 4 is 17.7 Å². The number of nitrogens with one attached hydrogen (secondary N) is 1. The standard InChI is InChI=1S/C29H48N4O8.C2H6/c1-22(34)5-3-4-12-33-28-9-7-25-24(6-8-27(28)31-32-33)26(25)21-41-29(36)30-11-14-38-16-18-40-20-19-39-17-15-37-13-10-23(2)35;1-2/h24-26H,3-21H2,1-2H3,(H,30,36);1-2H3. The number of ketones is 2. The molecule has 1 amide bonds. The van der Waals surface area contributed by atoms with Gasteiger partial charge < -0.3 is 33.8 Å². The summed E-state index contributed by atoms with van der Waals surface area (Å²) < 4.78 is 29.1. The monoisotopic (exact) mass is 610 g/mol. The first-order chi connectivity index (χ1) is 21.0. The smallest absolute Gasteiger partial charge is 0.407 e. The molecule has 2 aliphatic carbocycles. The van der Waals surface area contributed by atoms with Crippen LogP contribution in [0.3, 0.4) is 0 Å². The zero-order chi connectivity index (χ0) is 31.3. The van der Waals surface area contributed by atoms with Gasteiger partial charge in [0.05, 0.1) is 70.8 Å². The Bertz CT molecular complexity index is 941. The minimum atomic E-state index is -0.405. The number of carbonyl (C=O) groups is 3. The molecule has 1 aromatic heterocycles. The van der Waals surface area contributed by atoms with Gasteiger partial charge in [-0.25, -0.2) is 9.48 Å². The molecule has 0 aliphatic heterocycles. The highest BCUT2D eigenvalue weighted by Crippen LogP contribution is 2.52. The van der Waals surface area contributed by atoms with Crippen LogP contribution >= 0.6 is 0 Å². The Labute approximate surface area is 256 Å². The summed E-state index contributed by atoms with van der Waals surface area (Å²) in [5.74, 6) is 1.93. The molecule has 3 unspecified atom stereocenters. The molecule has 0 aromatic carbocycles. The van der Waals surface area contributed by atoms with E-state index in [-0.39, 0.29) is 11.6 Å². The summed E-state index contributed by atoms with van der Waals surface area (Å²) in [6.07, 6.45) is 6.45. The number of rotatable bonds is 22. The van der Waals surface area contributed by atoms with E-state index in [1.807, 2.05) is 18.5 Å². The zero-order valence-electron chi connectivity index (χ0n) is 26.8. The zero-order valence-corrected chi connectivity index (χ0v) is 26.8. The highest BCUT2D eigenvalue weighted by molar-refractivity contribution is 5.75. The molecule has 1 aromatic rings. The highest BCUT2D eigenvalue weighted by atomic mass is 16.6. The van der Waals surface area contributed by atoms with Gasteiger partial charge in [-0.05, 0) is 70.1 Å². The van der Waals surface area contributed by atoms with Crippen LogP contribution in [0.15, 0.2) is 0 Å². The van der Waals surface area contributed by atoms with Crippen LogP contribution in [-0.2, 0) is 52.7 Å². The molecule has 0 bridgehead atoms. The van der Waals surface area contributed by atoms with E-state index in [9.17, 15) is 14.4 Å². The molecule has 246 valence electrons. The van der Waals surface area contributed by atoms with E-state index in [0.29, 0.717) is 96.6 Å². The lowest BCUT2D eigenvalue weighted by Crippen LogP contribution is -2.29. The van der Waals surface area contributed by atoms with Crippen LogP contribution in [-0.4, -0.2) is 98.7 Å². The van der Waals surface area contributed by atoms with Crippen molar-refractivity contribution in [2.45, 2.75) is 85.6 Å². The number of nitrogens with zero attached hydrogens (tertiary/aromatic N) is 3. The lowest BCUT2D eigenvalue weighted by atomic mass is 10.0. The fourth-order valence-corrected chi connectivity index (χ4v) is 5.31. The Kier molecular flexibility index (Phi) is 18.9. The molecule has 12 heteroatoms. The summed E-state index contributed by atoms with van der Waals surface area (Å²) in [5, 5.41) is 11.5. The number of aromatic nitrogens is 3. The van der Waals surface area contributed by atoms with Crippen LogP contribution in [0.5, 0.6) is 0 Å². The molecule has 3 rings (SSSR count). The van der Waals surface area contributed by atoms with Crippen molar-refractivity contribution in [3.05, 3.63) is 11.4 Å². The molecule has 3 atom stereocenters. The fourth-order valence-electron chi connectivity index (χ4n) is 5.31. The van der Waals surface area contributed by atoms with Gasteiger partial charge in [0.1, 0.15) is 11.6 Å². The van der Waals surface area contributed by atoms with Gasteiger partial charge in [-0.3, -0.25) is 4.79 Å². The number of unbranched alkanes of at least 4 members (excludes halogenated alkanes) is 1. The lowest BCUT2D eigenvalue weighted by Gasteiger charge is -2.10. The lowest BCUT2D eigenvalue weighted by molar-refractivity contribution is -0.118. The topological polar surface area (TPSA) is 140 Å². The molecule has 1 saturated carbocycles. The number of hydrogen-bond acceptors (Lipinski definition) is 10. The first kappa shape index (κ1) is 36.8. The van der Waals surface area contributed by atoms with Crippen LogP contribution in [0.4, 0.5) is 4.79 Å². The van der Waals surface area contributed by atoms with Gasteiger partial charge in [0, 0.05) is 25.9 Å². The first-order valence-corrected chi connectivity index (χ1v) is 16.1. The quantitative estimate of drug-likeness (QED) is 0.194. The number of amides is 1. The third-order valence-corrected chi connectivity index (χ3v) is 7.64. The van der Waals surface area contributed by atoms with Crippen LogP contribution in [0.2, 0.25) is 0 Å². The summed E-state index contributed by atoms with van der Waals surface area (Å²) in [5.41, 5.74) is 2.33. The number of ether oxygens (including phenoxy) is 5. The molecule has 43 heavy (non-hydrogen) atoms. The van der Waals surface area contributed by atoms with E-state index in [1.54, 1.807) is 13.8 Å². The SMILES string of the molecule is CC.CC(=O)CCCCn1nnc2c1CCC1C(CC2)C1COC(=O)NCCOCCOCCOCCOCCC(C)=O. The minimum Gasteiger partial charge on any atom is -0.449 e. The number of alkyl carbamates (subject to hydrolysis) is 1. The van der Waals surface area contributed by atoms with Crippen LogP contribution in [0, 0.1) is 17.8 Å². The largest absolute Gasteiger partial charge is 0.449 e. The molecule has 0 radical (unpaired) electrons. The van der Waals surface area contributed by atoms with E-state index >= 15 is 0 Å². The van der Waals surface area contributed by atoms with Crippen molar-refractivity contribution in [3.8, 4) is 0 Å². The average Bonchev–Trinajstić information content (AvgIpc) is 3.49.